The van der Waals surface area contributed by atoms with Gasteiger partial charge in [0.2, 0.25) is 0 Å². The zero-order chi connectivity index (χ0) is 15.3. The van der Waals surface area contributed by atoms with Crippen LogP contribution in [-0.4, -0.2) is 0 Å². The minimum Gasteiger partial charge on any atom is -0.102 e. The molecule has 0 bridgehead atoms. The molecule has 0 radical (unpaired) electrons. The summed E-state index contributed by atoms with van der Waals surface area (Å²) in [4.78, 5) is 0. The Morgan fingerprint density at radius 2 is 1.60 bits per heavy atom. The summed E-state index contributed by atoms with van der Waals surface area (Å²) in [6, 6.07) is 0. The van der Waals surface area contributed by atoms with Gasteiger partial charge in [-0.25, -0.2) is 0 Å². The van der Waals surface area contributed by atoms with Crippen molar-refractivity contribution in [2.45, 2.75) is 19.3 Å². The monoisotopic (exact) mass is 264 g/mol. The molecule has 0 fully saturated rings. The Labute approximate surface area is 123 Å². The lowest BCUT2D eigenvalue weighted by atomic mass is 9.67. The molecule has 0 aromatic rings. The molecule has 0 aromatic carbocycles. The van der Waals surface area contributed by atoms with E-state index in [-0.39, 0.29) is 5.41 Å². The smallest absolute Gasteiger partial charge is 0.0167 e. The summed E-state index contributed by atoms with van der Waals surface area (Å²) in [5.74, 6) is 0. The molecule has 0 amide bonds. The molecule has 0 heterocycles. The maximum Gasteiger partial charge on any atom is 0.0167 e. The maximum absolute atomic E-state index is 4.19. The first-order chi connectivity index (χ1) is 9.41. The molecule has 0 spiro atoms. The molecular weight excluding hydrogens is 240 g/mol. The van der Waals surface area contributed by atoms with E-state index in [0.29, 0.717) is 0 Å². The Bertz CT molecular complexity index is 536. The quantitative estimate of drug-likeness (QED) is 0.399. The van der Waals surface area contributed by atoms with Gasteiger partial charge in [0.05, 0.1) is 0 Å². The molecule has 0 nitrogen and oxygen atoms in total. The predicted molar refractivity (Wildman–Crippen MR) is 91.5 cm³/mol. The van der Waals surface area contributed by atoms with Crippen molar-refractivity contribution in [1.29, 1.82) is 0 Å². The molecular formula is C20H24. The summed E-state index contributed by atoms with van der Waals surface area (Å²) in [6.45, 7) is 27.8. The minimum atomic E-state index is -0.120. The van der Waals surface area contributed by atoms with Crippen LogP contribution in [0.3, 0.4) is 0 Å². The Kier molecular flexibility index (Phi) is 5.10. The maximum atomic E-state index is 4.19. The van der Waals surface area contributed by atoms with Crippen LogP contribution in [0.25, 0.3) is 0 Å². The second-order valence-electron chi connectivity index (χ2n) is 5.21. The topological polar surface area (TPSA) is 0 Å². The van der Waals surface area contributed by atoms with Crippen molar-refractivity contribution in [3.05, 3.63) is 98.2 Å². The van der Waals surface area contributed by atoms with Crippen LogP contribution in [0.1, 0.15) is 19.3 Å². The zero-order valence-corrected chi connectivity index (χ0v) is 12.4. The third-order valence-electron chi connectivity index (χ3n) is 4.20. The van der Waals surface area contributed by atoms with Crippen LogP contribution in [0.2, 0.25) is 0 Å². The number of hydrogen-bond donors (Lipinski definition) is 0. The van der Waals surface area contributed by atoms with E-state index in [0.717, 1.165) is 41.6 Å². The summed E-state index contributed by atoms with van der Waals surface area (Å²) in [5, 5.41) is 0. The lowest BCUT2D eigenvalue weighted by Crippen LogP contribution is -2.23. The van der Waals surface area contributed by atoms with Crippen LogP contribution in [-0.2, 0) is 0 Å². The summed E-state index contributed by atoms with van der Waals surface area (Å²) in [7, 11) is 0. The second kappa shape index (κ2) is 6.38. The predicted octanol–water partition coefficient (Wildman–Crippen LogP) is 5.87. The highest BCUT2D eigenvalue weighted by molar-refractivity contribution is 5.50. The van der Waals surface area contributed by atoms with E-state index < -0.39 is 0 Å². The van der Waals surface area contributed by atoms with Gasteiger partial charge in [0.25, 0.3) is 0 Å². The van der Waals surface area contributed by atoms with Crippen LogP contribution < -0.4 is 0 Å². The van der Waals surface area contributed by atoms with Crippen molar-refractivity contribution in [2.24, 2.45) is 5.41 Å². The van der Waals surface area contributed by atoms with Gasteiger partial charge in [-0.2, -0.15) is 0 Å². The highest BCUT2D eigenvalue weighted by Gasteiger charge is 2.32. The summed E-state index contributed by atoms with van der Waals surface area (Å²) in [6.07, 6.45) is 10.5. The molecule has 20 heavy (non-hydrogen) atoms. The van der Waals surface area contributed by atoms with Crippen LogP contribution in [0.4, 0.5) is 0 Å². The Morgan fingerprint density at radius 1 is 1.00 bits per heavy atom. The van der Waals surface area contributed by atoms with Crippen LogP contribution in [0.5, 0.6) is 0 Å². The third-order valence-corrected chi connectivity index (χ3v) is 4.20. The largest absolute Gasteiger partial charge is 0.102 e. The molecule has 1 aliphatic rings. The van der Waals surface area contributed by atoms with Gasteiger partial charge in [-0.15, -0.1) is 6.58 Å². The second-order valence-corrected chi connectivity index (χ2v) is 5.21. The molecule has 0 saturated heterocycles. The summed E-state index contributed by atoms with van der Waals surface area (Å²) in [5.41, 5.74) is 4.87. The van der Waals surface area contributed by atoms with E-state index in [1.165, 1.54) is 5.57 Å². The van der Waals surface area contributed by atoms with Crippen LogP contribution in [0, 0.1) is 5.41 Å². The van der Waals surface area contributed by atoms with E-state index in [1.54, 1.807) is 12.2 Å². The molecule has 0 heteroatoms. The number of hydrogen-bond acceptors (Lipinski definition) is 0. The first-order valence-corrected chi connectivity index (χ1v) is 6.76. The van der Waals surface area contributed by atoms with Gasteiger partial charge in [0.1, 0.15) is 0 Å². The Morgan fingerprint density at radius 3 is 2.00 bits per heavy atom. The molecule has 0 aliphatic heterocycles. The standard InChI is InChI=1S/C20H24/c1-8-15(4)17(6)19-11-13-20(10-3,14-12-19)18(7)16(5)9-2/h8-11H,1-7,12-14H2. The van der Waals surface area contributed by atoms with E-state index in [4.69, 9.17) is 0 Å². The van der Waals surface area contributed by atoms with Gasteiger partial charge in [-0.05, 0) is 47.1 Å². The Hall–Kier alpha value is -2.08. The fraction of sp³-hybridized carbons (Fsp3) is 0.200. The lowest BCUT2D eigenvalue weighted by molar-refractivity contribution is 0.417. The van der Waals surface area contributed by atoms with E-state index >= 15 is 0 Å². The Balaban J connectivity index is 3.00. The average Bonchev–Trinajstić information content (AvgIpc) is 2.51. The molecule has 0 aromatic heterocycles. The molecule has 0 saturated carbocycles. The molecule has 104 valence electrons. The van der Waals surface area contributed by atoms with E-state index in [2.05, 4.69) is 52.1 Å². The SMILES string of the molecule is C=CC(=C)C(=C)C1=CCC(C=C)(C(=C)C(=C)C=C)CC1. The van der Waals surface area contributed by atoms with Crippen molar-refractivity contribution in [3.63, 3.8) is 0 Å². The van der Waals surface area contributed by atoms with Gasteiger partial charge in [-0.1, -0.05) is 63.8 Å². The first-order valence-electron chi connectivity index (χ1n) is 6.76. The molecule has 1 aliphatic carbocycles. The van der Waals surface area contributed by atoms with Crippen LogP contribution in [0.15, 0.2) is 98.2 Å². The van der Waals surface area contributed by atoms with Gasteiger partial charge in [0.15, 0.2) is 0 Å². The van der Waals surface area contributed by atoms with Gasteiger partial charge < -0.3 is 0 Å². The van der Waals surface area contributed by atoms with Crippen molar-refractivity contribution in [2.75, 3.05) is 0 Å². The van der Waals surface area contributed by atoms with E-state index in [9.17, 15) is 0 Å². The van der Waals surface area contributed by atoms with Crippen molar-refractivity contribution in [1.82, 2.24) is 0 Å². The van der Waals surface area contributed by atoms with Crippen molar-refractivity contribution < 1.29 is 0 Å². The lowest BCUT2D eigenvalue weighted by Gasteiger charge is -2.36. The van der Waals surface area contributed by atoms with E-state index in [1.807, 2.05) is 6.08 Å². The normalized spacial score (nSPS) is 21.3. The summed E-state index contributed by atoms with van der Waals surface area (Å²) < 4.78 is 0. The van der Waals surface area contributed by atoms with Gasteiger partial charge in [-0.3, -0.25) is 0 Å². The van der Waals surface area contributed by atoms with Crippen molar-refractivity contribution >= 4 is 0 Å². The number of rotatable bonds is 7. The van der Waals surface area contributed by atoms with Crippen molar-refractivity contribution in [3.8, 4) is 0 Å². The fourth-order valence-electron chi connectivity index (χ4n) is 2.50. The molecule has 1 unspecified atom stereocenters. The zero-order valence-electron chi connectivity index (χ0n) is 12.4. The molecule has 0 N–H and O–H groups in total. The van der Waals surface area contributed by atoms with Gasteiger partial charge in [0, 0.05) is 5.41 Å². The molecule has 1 atom stereocenters. The van der Waals surface area contributed by atoms with Gasteiger partial charge >= 0.3 is 0 Å². The third kappa shape index (κ3) is 2.91. The van der Waals surface area contributed by atoms with Crippen LogP contribution >= 0.6 is 0 Å². The first kappa shape index (κ1) is 16.0. The highest BCUT2D eigenvalue weighted by atomic mass is 14.4. The minimum absolute atomic E-state index is 0.120. The summed E-state index contributed by atoms with van der Waals surface area (Å²) >= 11 is 0. The number of allylic oxidation sites excluding steroid dienone is 9. The average molecular weight is 264 g/mol. The fourth-order valence-corrected chi connectivity index (χ4v) is 2.50. The highest BCUT2D eigenvalue weighted by Crippen LogP contribution is 2.46. The molecule has 1 rings (SSSR count).